The van der Waals surface area contributed by atoms with Crippen LogP contribution in [0.4, 0.5) is 5.69 Å². The summed E-state index contributed by atoms with van der Waals surface area (Å²) < 4.78 is 0. The number of aliphatic hydroxyl groups excluding tert-OH is 2. The standard InChI is InChI=1S/C15H23NO2/c1-12-7-13-5-3-4-6-14(13)16(8-12)9-15(2,10-17)11-18/h3-6,12,17-18H,7-11H2,1-2H3. The van der Waals surface area contributed by atoms with Crippen LogP contribution in [0.3, 0.4) is 0 Å². The maximum absolute atomic E-state index is 9.44. The molecular formula is C15H23NO2. The van der Waals surface area contributed by atoms with Crippen molar-refractivity contribution in [3.8, 4) is 0 Å². The van der Waals surface area contributed by atoms with Crippen LogP contribution in [-0.2, 0) is 6.42 Å². The zero-order chi connectivity index (χ0) is 13.2. The van der Waals surface area contributed by atoms with Crippen LogP contribution in [0.1, 0.15) is 19.4 Å². The summed E-state index contributed by atoms with van der Waals surface area (Å²) in [7, 11) is 0. The maximum Gasteiger partial charge on any atom is 0.0523 e. The number of hydrogen-bond acceptors (Lipinski definition) is 3. The van der Waals surface area contributed by atoms with Crippen LogP contribution in [0.2, 0.25) is 0 Å². The van der Waals surface area contributed by atoms with Gasteiger partial charge in [0.05, 0.1) is 13.2 Å². The first-order chi connectivity index (χ1) is 8.58. The van der Waals surface area contributed by atoms with Crippen molar-refractivity contribution in [1.82, 2.24) is 0 Å². The smallest absolute Gasteiger partial charge is 0.0523 e. The Labute approximate surface area is 109 Å². The molecule has 18 heavy (non-hydrogen) atoms. The Morgan fingerprint density at radius 2 is 1.94 bits per heavy atom. The molecule has 3 heteroatoms. The van der Waals surface area contributed by atoms with Gasteiger partial charge in [0.1, 0.15) is 0 Å². The lowest BCUT2D eigenvalue weighted by molar-refractivity contribution is 0.0745. The largest absolute Gasteiger partial charge is 0.396 e. The SMILES string of the molecule is CC1Cc2ccccc2N(CC(C)(CO)CO)C1. The molecule has 1 aromatic carbocycles. The van der Waals surface area contributed by atoms with Crippen molar-refractivity contribution in [2.45, 2.75) is 20.3 Å². The summed E-state index contributed by atoms with van der Waals surface area (Å²) in [4.78, 5) is 2.30. The molecule has 1 aliphatic heterocycles. The fraction of sp³-hybridized carbons (Fsp3) is 0.600. The highest BCUT2D eigenvalue weighted by Gasteiger charge is 2.29. The lowest BCUT2D eigenvalue weighted by Gasteiger charge is -2.40. The highest BCUT2D eigenvalue weighted by molar-refractivity contribution is 5.55. The van der Waals surface area contributed by atoms with E-state index in [-0.39, 0.29) is 13.2 Å². The Kier molecular flexibility index (Phi) is 3.93. The highest BCUT2D eigenvalue weighted by atomic mass is 16.3. The van der Waals surface area contributed by atoms with Gasteiger partial charge in [-0.25, -0.2) is 0 Å². The summed E-state index contributed by atoms with van der Waals surface area (Å²) in [5.41, 5.74) is 2.18. The van der Waals surface area contributed by atoms with Crippen molar-refractivity contribution in [2.24, 2.45) is 11.3 Å². The number of aliphatic hydroxyl groups is 2. The number of rotatable bonds is 4. The Hall–Kier alpha value is -1.06. The molecule has 2 N–H and O–H groups in total. The maximum atomic E-state index is 9.44. The monoisotopic (exact) mass is 249 g/mol. The summed E-state index contributed by atoms with van der Waals surface area (Å²) >= 11 is 0. The van der Waals surface area contributed by atoms with E-state index in [2.05, 4.69) is 36.1 Å². The summed E-state index contributed by atoms with van der Waals surface area (Å²) in [5.74, 6) is 0.613. The van der Waals surface area contributed by atoms with Crippen molar-refractivity contribution >= 4 is 5.69 Å². The van der Waals surface area contributed by atoms with Crippen molar-refractivity contribution in [3.63, 3.8) is 0 Å². The van der Waals surface area contributed by atoms with Gasteiger partial charge in [-0.3, -0.25) is 0 Å². The van der Waals surface area contributed by atoms with E-state index < -0.39 is 5.41 Å². The molecule has 0 aliphatic carbocycles. The molecule has 1 unspecified atom stereocenters. The predicted octanol–water partition coefficient (Wildman–Crippen LogP) is 1.68. The van der Waals surface area contributed by atoms with Crippen LogP contribution in [0, 0.1) is 11.3 Å². The summed E-state index contributed by atoms with van der Waals surface area (Å²) in [5, 5.41) is 18.9. The molecule has 0 spiro atoms. The van der Waals surface area contributed by atoms with Gasteiger partial charge in [0.25, 0.3) is 0 Å². The van der Waals surface area contributed by atoms with Gasteiger partial charge in [-0.05, 0) is 24.0 Å². The molecule has 0 fully saturated rings. The third-order valence-corrected chi connectivity index (χ3v) is 3.77. The average molecular weight is 249 g/mol. The van der Waals surface area contributed by atoms with Gasteiger partial charge in [-0.1, -0.05) is 32.0 Å². The van der Waals surface area contributed by atoms with E-state index in [1.165, 1.54) is 11.3 Å². The molecule has 1 heterocycles. The second-order valence-electron chi connectivity index (χ2n) is 5.95. The lowest BCUT2D eigenvalue weighted by atomic mass is 9.88. The van der Waals surface area contributed by atoms with E-state index in [9.17, 15) is 10.2 Å². The van der Waals surface area contributed by atoms with Gasteiger partial charge in [0.15, 0.2) is 0 Å². The predicted molar refractivity (Wildman–Crippen MR) is 73.8 cm³/mol. The molecule has 1 atom stereocenters. The van der Waals surface area contributed by atoms with E-state index in [0.717, 1.165) is 13.0 Å². The lowest BCUT2D eigenvalue weighted by Crippen LogP contribution is -2.44. The molecule has 3 nitrogen and oxygen atoms in total. The van der Waals surface area contributed by atoms with Gasteiger partial charge >= 0.3 is 0 Å². The molecular weight excluding hydrogens is 226 g/mol. The number of anilines is 1. The van der Waals surface area contributed by atoms with Crippen LogP contribution >= 0.6 is 0 Å². The summed E-state index contributed by atoms with van der Waals surface area (Å²) in [6.45, 7) is 5.88. The van der Waals surface area contributed by atoms with E-state index >= 15 is 0 Å². The first-order valence-corrected chi connectivity index (χ1v) is 6.62. The van der Waals surface area contributed by atoms with Gasteiger partial charge in [0, 0.05) is 24.2 Å². The van der Waals surface area contributed by atoms with Crippen LogP contribution < -0.4 is 4.90 Å². The molecule has 0 amide bonds. The van der Waals surface area contributed by atoms with E-state index in [4.69, 9.17) is 0 Å². The minimum atomic E-state index is -0.440. The fourth-order valence-corrected chi connectivity index (χ4v) is 2.67. The molecule has 0 saturated heterocycles. The van der Waals surface area contributed by atoms with Crippen LogP contribution in [0.15, 0.2) is 24.3 Å². The van der Waals surface area contributed by atoms with Gasteiger partial charge in [-0.15, -0.1) is 0 Å². The topological polar surface area (TPSA) is 43.7 Å². The van der Waals surface area contributed by atoms with Crippen molar-refractivity contribution in [1.29, 1.82) is 0 Å². The highest BCUT2D eigenvalue weighted by Crippen LogP contribution is 2.31. The average Bonchev–Trinajstić information content (AvgIpc) is 2.38. The molecule has 0 saturated carbocycles. The molecule has 2 rings (SSSR count). The van der Waals surface area contributed by atoms with Crippen molar-refractivity contribution in [3.05, 3.63) is 29.8 Å². The number of nitrogens with zero attached hydrogens (tertiary/aromatic N) is 1. The number of benzene rings is 1. The molecule has 1 aliphatic rings. The van der Waals surface area contributed by atoms with E-state index in [0.29, 0.717) is 12.5 Å². The molecule has 1 aromatic rings. The Morgan fingerprint density at radius 1 is 1.28 bits per heavy atom. The minimum Gasteiger partial charge on any atom is -0.396 e. The Bertz CT molecular complexity index is 401. The number of para-hydroxylation sites is 1. The van der Waals surface area contributed by atoms with Crippen LogP contribution in [-0.4, -0.2) is 36.5 Å². The van der Waals surface area contributed by atoms with Gasteiger partial charge < -0.3 is 15.1 Å². The van der Waals surface area contributed by atoms with Crippen LogP contribution in [0.5, 0.6) is 0 Å². The summed E-state index contributed by atoms with van der Waals surface area (Å²) in [6, 6.07) is 8.44. The fourth-order valence-electron chi connectivity index (χ4n) is 2.67. The minimum absolute atomic E-state index is 0.0105. The zero-order valence-corrected chi connectivity index (χ0v) is 11.3. The summed E-state index contributed by atoms with van der Waals surface area (Å²) in [6.07, 6.45) is 1.11. The van der Waals surface area contributed by atoms with Crippen molar-refractivity contribution < 1.29 is 10.2 Å². The Balaban J connectivity index is 2.24. The third-order valence-electron chi connectivity index (χ3n) is 3.77. The third kappa shape index (κ3) is 2.68. The second kappa shape index (κ2) is 5.29. The molecule has 0 bridgehead atoms. The second-order valence-corrected chi connectivity index (χ2v) is 5.95. The van der Waals surface area contributed by atoms with Crippen molar-refractivity contribution in [2.75, 3.05) is 31.2 Å². The number of hydrogen-bond donors (Lipinski definition) is 2. The molecule has 0 radical (unpaired) electrons. The first kappa shape index (κ1) is 13.4. The molecule has 0 aromatic heterocycles. The molecule has 100 valence electrons. The van der Waals surface area contributed by atoms with Gasteiger partial charge in [-0.2, -0.15) is 0 Å². The quantitative estimate of drug-likeness (QED) is 0.853. The van der Waals surface area contributed by atoms with Gasteiger partial charge in [0.2, 0.25) is 0 Å². The van der Waals surface area contributed by atoms with E-state index in [1.54, 1.807) is 0 Å². The Morgan fingerprint density at radius 3 is 2.61 bits per heavy atom. The zero-order valence-electron chi connectivity index (χ0n) is 11.3. The van der Waals surface area contributed by atoms with E-state index in [1.807, 2.05) is 6.92 Å². The normalized spacial score (nSPS) is 19.8. The first-order valence-electron chi connectivity index (χ1n) is 6.62. The number of fused-ring (bicyclic) bond motifs is 1. The van der Waals surface area contributed by atoms with Crippen LogP contribution in [0.25, 0.3) is 0 Å².